The SMILES string of the molecule is CCOc1c(F)c(-c2cccc(C(=O)O)c2)nn1CCOc1ccc2cc(Br)ccc2c1Br. The van der Waals surface area contributed by atoms with Gasteiger partial charge in [-0.25, -0.2) is 9.48 Å². The van der Waals surface area contributed by atoms with Crippen LogP contribution < -0.4 is 9.47 Å². The maximum absolute atomic E-state index is 15.1. The van der Waals surface area contributed by atoms with Crippen LogP contribution in [0.4, 0.5) is 4.39 Å². The van der Waals surface area contributed by atoms with Crippen molar-refractivity contribution in [2.24, 2.45) is 0 Å². The summed E-state index contributed by atoms with van der Waals surface area (Å²) in [6.45, 7) is 2.46. The third-order valence-electron chi connectivity index (χ3n) is 4.96. The van der Waals surface area contributed by atoms with Crippen LogP contribution >= 0.6 is 31.9 Å². The number of rotatable bonds is 8. The standard InChI is InChI=1S/C24H19Br2FN2O4/c1-2-32-23-21(27)22(15-4-3-5-16(12-15)24(30)31)28-29(23)10-11-33-19-9-6-14-13-17(25)7-8-18(14)20(19)26/h3-9,12-13H,2,10-11H2,1H3,(H,30,31). The van der Waals surface area contributed by atoms with E-state index in [0.717, 1.165) is 19.7 Å². The van der Waals surface area contributed by atoms with Gasteiger partial charge in [-0.15, -0.1) is 0 Å². The number of carboxylic acids is 1. The second-order valence-electron chi connectivity index (χ2n) is 7.10. The number of benzene rings is 3. The summed E-state index contributed by atoms with van der Waals surface area (Å²) in [5.41, 5.74) is 0.436. The Bertz CT molecular complexity index is 1340. The van der Waals surface area contributed by atoms with Crippen molar-refractivity contribution in [1.82, 2.24) is 9.78 Å². The Morgan fingerprint density at radius 1 is 1.12 bits per heavy atom. The number of halogens is 3. The molecule has 0 aliphatic carbocycles. The van der Waals surface area contributed by atoms with Crippen LogP contribution in [-0.4, -0.2) is 34.1 Å². The lowest BCUT2D eigenvalue weighted by molar-refractivity contribution is 0.0697. The lowest BCUT2D eigenvalue weighted by atomic mass is 10.1. The highest BCUT2D eigenvalue weighted by molar-refractivity contribution is 9.11. The van der Waals surface area contributed by atoms with Crippen LogP contribution in [0.15, 0.2) is 63.5 Å². The molecule has 0 saturated carbocycles. The van der Waals surface area contributed by atoms with Crippen molar-refractivity contribution in [3.8, 4) is 22.9 Å². The van der Waals surface area contributed by atoms with Crippen molar-refractivity contribution in [2.75, 3.05) is 13.2 Å². The number of aromatic nitrogens is 2. The Labute approximate surface area is 206 Å². The van der Waals surface area contributed by atoms with Crippen LogP contribution in [-0.2, 0) is 6.54 Å². The van der Waals surface area contributed by atoms with Crippen molar-refractivity contribution < 1.29 is 23.8 Å². The molecule has 9 heteroatoms. The molecule has 0 aliphatic heterocycles. The van der Waals surface area contributed by atoms with Crippen molar-refractivity contribution in [3.63, 3.8) is 0 Å². The lowest BCUT2D eigenvalue weighted by Gasteiger charge is -2.12. The van der Waals surface area contributed by atoms with Gasteiger partial charge in [0.2, 0.25) is 11.7 Å². The molecule has 0 radical (unpaired) electrons. The molecule has 0 unspecified atom stereocenters. The van der Waals surface area contributed by atoms with E-state index >= 15 is 4.39 Å². The third kappa shape index (κ3) is 4.89. The molecule has 1 heterocycles. The molecule has 3 aromatic carbocycles. The summed E-state index contributed by atoms with van der Waals surface area (Å²) < 4.78 is 29.8. The highest BCUT2D eigenvalue weighted by Gasteiger charge is 2.21. The minimum absolute atomic E-state index is 0.0146. The van der Waals surface area contributed by atoms with Crippen LogP contribution in [0.5, 0.6) is 11.6 Å². The summed E-state index contributed by atoms with van der Waals surface area (Å²) in [7, 11) is 0. The predicted molar refractivity (Wildman–Crippen MR) is 131 cm³/mol. The summed E-state index contributed by atoms with van der Waals surface area (Å²) >= 11 is 7.07. The molecule has 33 heavy (non-hydrogen) atoms. The van der Waals surface area contributed by atoms with E-state index in [1.165, 1.54) is 16.8 Å². The van der Waals surface area contributed by atoms with Crippen LogP contribution in [0.25, 0.3) is 22.0 Å². The Morgan fingerprint density at radius 3 is 2.70 bits per heavy atom. The Balaban J connectivity index is 1.57. The van der Waals surface area contributed by atoms with Gasteiger partial charge in [0.15, 0.2) is 0 Å². The van der Waals surface area contributed by atoms with E-state index in [-0.39, 0.29) is 36.9 Å². The summed E-state index contributed by atoms with van der Waals surface area (Å²) in [6.07, 6.45) is 0. The summed E-state index contributed by atoms with van der Waals surface area (Å²) in [5, 5.41) is 15.6. The molecule has 0 saturated heterocycles. The summed E-state index contributed by atoms with van der Waals surface area (Å²) in [6, 6.07) is 15.8. The molecule has 0 atom stereocenters. The van der Waals surface area contributed by atoms with Gasteiger partial charge in [-0.05, 0) is 64.0 Å². The topological polar surface area (TPSA) is 73.6 Å². The van der Waals surface area contributed by atoms with E-state index in [9.17, 15) is 9.90 Å². The van der Waals surface area contributed by atoms with Crippen molar-refractivity contribution in [3.05, 3.63) is 74.9 Å². The molecule has 0 spiro atoms. The van der Waals surface area contributed by atoms with E-state index in [2.05, 4.69) is 37.0 Å². The Morgan fingerprint density at radius 2 is 1.94 bits per heavy atom. The van der Waals surface area contributed by atoms with E-state index in [1.54, 1.807) is 19.1 Å². The van der Waals surface area contributed by atoms with Gasteiger partial charge >= 0.3 is 5.97 Å². The number of hydrogen-bond acceptors (Lipinski definition) is 4. The van der Waals surface area contributed by atoms with Gasteiger partial charge in [0.25, 0.3) is 0 Å². The van der Waals surface area contributed by atoms with Crippen molar-refractivity contribution in [2.45, 2.75) is 13.5 Å². The van der Waals surface area contributed by atoms with E-state index < -0.39 is 11.8 Å². The molecule has 0 aliphatic rings. The van der Waals surface area contributed by atoms with Gasteiger partial charge in [0, 0.05) is 10.0 Å². The molecule has 0 amide bonds. The van der Waals surface area contributed by atoms with Gasteiger partial charge in [0.05, 0.1) is 23.2 Å². The smallest absolute Gasteiger partial charge is 0.335 e. The lowest BCUT2D eigenvalue weighted by Crippen LogP contribution is -2.12. The number of ether oxygens (including phenoxy) is 2. The zero-order chi connectivity index (χ0) is 23.5. The van der Waals surface area contributed by atoms with Gasteiger partial charge in [-0.1, -0.05) is 40.2 Å². The predicted octanol–water partition coefficient (Wildman–Crippen LogP) is 6.54. The molecular formula is C24H19Br2FN2O4. The molecule has 1 N–H and O–H groups in total. The third-order valence-corrected chi connectivity index (χ3v) is 6.27. The van der Waals surface area contributed by atoms with Gasteiger partial charge < -0.3 is 14.6 Å². The molecule has 0 fully saturated rings. The minimum Gasteiger partial charge on any atom is -0.490 e. The second-order valence-corrected chi connectivity index (χ2v) is 8.81. The molecule has 6 nitrogen and oxygen atoms in total. The first-order valence-corrected chi connectivity index (χ1v) is 11.7. The summed E-state index contributed by atoms with van der Waals surface area (Å²) in [5.74, 6) is -1.09. The molecule has 170 valence electrons. The number of nitrogens with zero attached hydrogens (tertiary/aromatic N) is 2. The number of fused-ring (bicyclic) bond motifs is 1. The van der Waals surface area contributed by atoms with E-state index in [4.69, 9.17) is 9.47 Å². The van der Waals surface area contributed by atoms with Gasteiger partial charge in [0.1, 0.15) is 18.1 Å². The first-order chi connectivity index (χ1) is 15.9. The van der Waals surface area contributed by atoms with Crippen LogP contribution in [0.2, 0.25) is 0 Å². The monoisotopic (exact) mass is 576 g/mol. The average Bonchev–Trinajstić information content (AvgIpc) is 3.11. The number of aromatic carboxylic acids is 1. The largest absolute Gasteiger partial charge is 0.490 e. The average molecular weight is 578 g/mol. The zero-order valence-electron chi connectivity index (χ0n) is 17.5. The Hall–Kier alpha value is -2.91. The normalized spacial score (nSPS) is 11.0. The molecule has 4 rings (SSSR count). The second kappa shape index (κ2) is 9.93. The first-order valence-electron chi connectivity index (χ1n) is 10.1. The molecule has 0 bridgehead atoms. The molecule has 4 aromatic rings. The first kappa shape index (κ1) is 23.3. The zero-order valence-corrected chi connectivity index (χ0v) is 20.7. The number of carbonyl (C=O) groups is 1. The fourth-order valence-corrected chi connectivity index (χ4v) is 4.42. The van der Waals surface area contributed by atoms with E-state index in [0.29, 0.717) is 11.3 Å². The fourth-order valence-electron chi connectivity index (χ4n) is 3.43. The Kier molecular flexibility index (Phi) is 6.99. The molecule has 1 aromatic heterocycles. The number of hydrogen-bond donors (Lipinski definition) is 1. The van der Waals surface area contributed by atoms with Gasteiger partial charge in [-0.3, -0.25) is 0 Å². The van der Waals surface area contributed by atoms with Crippen LogP contribution in [0.1, 0.15) is 17.3 Å². The maximum Gasteiger partial charge on any atom is 0.335 e. The summed E-state index contributed by atoms with van der Waals surface area (Å²) in [4.78, 5) is 11.3. The fraction of sp³-hybridized carbons (Fsp3) is 0.167. The van der Waals surface area contributed by atoms with Crippen molar-refractivity contribution in [1.29, 1.82) is 0 Å². The highest BCUT2D eigenvalue weighted by atomic mass is 79.9. The van der Waals surface area contributed by atoms with Crippen molar-refractivity contribution >= 4 is 48.6 Å². The van der Waals surface area contributed by atoms with Crippen LogP contribution in [0.3, 0.4) is 0 Å². The minimum atomic E-state index is -1.09. The van der Waals surface area contributed by atoms with E-state index in [1.807, 2.05) is 30.3 Å². The van der Waals surface area contributed by atoms with Gasteiger partial charge in [-0.2, -0.15) is 9.49 Å². The molecular weight excluding hydrogens is 559 g/mol. The maximum atomic E-state index is 15.1. The quantitative estimate of drug-likeness (QED) is 0.257. The number of carboxylic acid groups (broad SMARTS) is 1. The van der Waals surface area contributed by atoms with Crippen LogP contribution in [0, 0.1) is 5.82 Å². The highest BCUT2D eigenvalue weighted by Crippen LogP contribution is 2.35.